The van der Waals surface area contributed by atoms with Gasteiger partial charge in [0.15, 0.2) is 0 Å². The van der Waals surface area contributed by atoms with Crippen molar-refractivity contribution in [3.63, 3.8) is 0 Å². The molecule has 0 atom stereocenters. The van der Waals surface area contributed by atoms with Crippen molar-refractivity contribution < 1.29 is 4.74 Å². The first-order valence-electron chi connectivity index (χ1n) is 3.91. The van der Waals surface area contributed by atoms with Gasteiger partial charge >= 0.3 is 0 Å². The van der Waals surface area contributed by atoms with E-state index in [2.05, 4.69) is 4.98 Å². The predicted octanol–water partition coefficient (Wildman–Crippen LogP) is 2.84. The van der Waals surface area contributed by atoms with Gasteiger partial charge < -0.3 is 4.74 Å². The predicted molar refractivity (Wildman–Crippen MR) is 53.9 cm³/mol. The van der Waals surface area contributed by atoms with E-state index >= 15 is 0 Å². The normalized spacial score (nSPS) is 8.33. The molecule has 0 bridgehead atoms. The Balaban J connectivity index is 0.000000561. The Morgan fingerprint density at radius 3 is 2.33 bits per heavy atom. The maximum atomic E-state index is 4.89. The van der Waals surface area contributed by atoms with Crippen LogP contribution in [0.25, 0.3) is 0 Å². The zero-order valence-corrected chi connectivity index (χ0v) is 8.81. The molecule has 0 aliphatic carbocycles. The van der Waals surface area contributed by atoms with Gasteiger partial charge in [0.2, 0.25) is 5.88 Å². The molecule has 0 fully saturated rings. The summed E-state index contributed by atoms with van der Waals surface area (Å²) in [6.45, 7) is 4.00. The molecule has 1 aromatic rings. The second-order valence-electron chi connectivity index (χ2n) is 1.74. The minimum atomic E-state index is 0.665. The molecule has 0 saturated heterocycles. The van der Waals surface area contributed by atoms with Crippen LogP contribution < -0.4 is 4.74 Å². The standard InChI is InChI=1S/C7H9NOS.C2H6/c1-9-7-4-3-6(10-2)5-8-7;1-2/h3-5H,1-2H3;1-2H3. The monoisotopic (exact) mass is 185 g/mol. The van der Waals surface area contributed by atoms with Crippen molar-refractivity contribution in [3.05, 3.63) is 18.3 Å². The summed E-state index contributed by atoms with van der Waals surface area (Å²) in [6, 6.07) is 3.84. The number of hydrogen-bond acceptors (Lipinski definition) is 3. The third-order valence-electron chi connectivity index (χ3n) is 1.15. The van der Waals surface area contributed by atoms with E-state index in [1.165, 1.54) is 0 Å². The first-order valence-corrected chi connectivity index (χ1v) is 5.13. The van der Waals surface area contributed by atoms with Gasteiger partial charge in [0, 0.05) is 17.2 Å². The van der Waals surface area contributed by atoms with Crippen molar-refractivity contribution in [1.29, 1.82) is 0 Å². The van der Waals surface area contributed by atoms with Crippen LogP contribution in [0.4, 0.5) is 0 Å². The molecular formula is C9H15NOS. The van der Waals surface area contributed by atoms with Gasteiger partial charge in [-0.15, -0.1) is 11.8 Å². The molecule has 68 valence electrons. The number of nitrogens with zero attached hydrogens (tertiary/aromatic N) is 1. The van der Waals surface area contributed by atoms with E-state index in [-0.39, 0.29) is 0 Å². The molecule has 0 amide bonds. The fourth-order valence-electron chi connectivity index (χ4n) is 0.608. The fraction of sp³-hybridized carbons (Fsp3) is 0.444. The van der Waals surface area contributed by atoms with Crippen LogP contribution in [0.15, 0.2) is 23.2 Å². The molecule has 0 N–H and O–H groups in total. The van der Waals surface area contributed by atoms with Gasteiger partial charge in [-0.25, -0.2) is 4.98 Å². The lowest BCUT2D eigenvalue weighted by atomic mass is 10.5. The SMILES string of the molecule is CC.COc1ccc(SC)cn1. The molecule has 2 nitrogen and oxygen atoms in total. The van der Waals surface area contributed by atoms with Gasteiger partial charge in [-0.1, -0.05) is 13.8 Å². The number of thioether (sulfide) groups is 1. The van der Waals surface area contributed by atoms with Crippen molar-refractivity contribution in [2.75, 3.05) is 13.4 Å². The Kier molecular flexibility index (Phi) is 6.57. The summed E-state index contributed by atoms with van der Waals surface area (Å²) in [6.07, 6.45) is 3.81. The zero-order valence-electron chi connectivity index (χ0n) is 8.00. The molecule has 0 aromatic carbocycles. The average molecular weight is 185 g/mol. The molecule has 1 rings (SSSR count). The van der Waals surface area contributed by atoms with Crippen molar-refractivity contribution in [2.24, 2.45) is 0 Å². The fourth-order valence-corrected chi connectivity index (χ4v) is 0.970. The Morgan fingerprint density at radius 1 is 1.33 bits per heavy atom. The van der Waals surface area contributed by atoms with Crippen LogP contribution in [0.3, 0.4) is 0 Å². The number of ether oxygens (including phenoxy) is 1. The summed E-state index contributed by atoms with van der Waals surface area (Å²) in [4.78, 5) is 5.18. The Bertz CT molecular complexity index is 175. The van der Waals surface area contributed by atoms with Crippen LogP contribution in [0, 0.1) is 0 Å². The summed E-state index contributed by atoms with van der Waals surface area (Å²) in [5, 5.41) is 0. The zero-order chi connectivity index (χ0) is 9.40. The second kappa shape index (κ2) is 6.98. The minimum absolute atomic E-state index is 0.665. The Morgan fingerprint density at radius 2 is 2.00 bits per heavy atom. The van der Waals surface area contributed by atoms with E-state index in [1.807, 2.05) is 32.2 Å². The second-order valence-corrected chi connectivity index (χ2v) is 2.62. The maximum Gasteiger partial charge on any atom is 0.212 e. The lowest BCUT2D eigenvalue weighted by molar-refractivity contribution is 0.397. The molecule has 1 heterocycles. The van der Waals surface area contributed by atoms with E-state index in [4.69, 9.17) is 4.74 Å². The van der Waals surface area contributed by atoms with Gasteiger partial charge in [-0.05, 0) is 12.3 Å². The van der Waals surface area contributed by atoms with Crippen LogP contribution in [0.2, 0.25) is 0 Å². The van der Waals surface area contributed by atoms with Crippen LogP contribution in [0.1, 0.15) is 13.8 Å². The quantitative estimate of drug-likeness (QED) is 0.661. The Labute approximate surface area is 78.4 Å². The molecule has 0 spiro atoms. The minimum Gasteiger partial charge on any atom is -0.481 e. The first kappa shape index (κ1) is 11.3. The third-order valence-corrected chi connectivity index (χ3v) is 1.87. The summed E-state index contributed by atoms with van der Waals surface area (Å²) >= 11 is 1.67. The van der Waals surface area contributed by atoms with Crippen molar-refractivity contribution in [3.8, 4) is 5.88 Å². The van der Waals surface area contributed by atoms with E-state index in [1.54, 1.807) is 25.1 Å². The highest BCUT2D eigenvalue weighted by atomic mass is 32.2. The number of hydrogen-bond donors (Lipinski definition) is 0. The molecule has 3 heteroatoms. The van der Waals surface area contributed by atoms with Crippen LogP contribution in [-0.2, 0) is 0 Å². The molecule has 0 aliphatic rings. The van der Waals surface area contributed by atoms with Crippen LogP contribution in [-0.4, -0.2) is 18.3 Å². The number of rotatable bonds is 2. The third kappa shape index (κ3) is 3.62. The van der Waals surface area contributed by atoms with E-state index in [9.17, 15) is 0 Å². The maximum absolute atomic E-state index is 4.89. The molecule has 1 aromatic heterocycles. The van der Waals surface area contributed by atoms with Crippen LogP contribution >= 0.6 is 11.8 Å². The lowest BCUT2D eigenvalue weighted by Gasteiger charge is -1.97. The number of aromatic nitrogens is 1. The van der Waals surface area contributed by atoms with Gasteiger partial charge in [-0.2, -0.15) is 0 Å². The lowest BCUT2D eigenvalue weighted by Crippen LogP contribution is -1.85. The smallest absolute Gasteiger partial charge is 0.212 e. The summed E-state index contributed by atoms with van der Waals surface area (Å²) < 4.78 is 4.89. The van der Waals surface area contributed by atoms with Gasteiger partial charge in [0.25, 0.3) is 0 Å². The van der Waals surface area contributed by atoms with Gasteiger partial charge in [0.05, 0.1) is 7.11 Å². The molecule has 0 aliphatic heterocycles. The topological polar surface area (TPSA) is 22.1 Å². The average Bonchev–Trinajstić information content (AvgIpc) is 2.21. The van der Waals surface area contributed by atoms with Gasteiger partial charge in [0.1, 0.15) is 0 Å². The highest BCUT2D eigenvalue weighted by molar-refractivity contribution is 7.98. The molecular weight excluding hydrogens is 170 g/mol. The first-order chi connectivity index (χ1) is 5.86. The highest BCUT2D eigenvalue weighted by Gasteiger charge is 1.91. The molecule has 0 saturated carbocycles. The van der Waals surface area contributed by atoms with E-state index in [0.29, 0.717) is 5.88 Å². The Hall–Kier alpha value is -0.700. The number of methoxy groups -OCH3 is 1. The van der Waals surface area contributed by atoms with Crippen molar-refractivity contribution >= 4 is 11.8 Å². The van der Waals surface area contributed by atoms with Gasteiger partial charge in [-0.3, -0.25) is 0 Å². The van der Waals surface area contributed by atoms with E-state index in [0.717, 1.165) is 4.90 Å². The van der Waals surface area contributed by atoms with Crippen LogP contribution in [0.5, 0.6) is 5.88 Å². The largest absolute Gasteiger partial charge is 0.481 e. The number of pyridine rings is 1. The molecule has 12 heavy (non-hydrogen) atoms. The van der Waals surface area contributed by atoms with E-state index < -0.39 is 0 Å². The summed E-state index contributed by atoms with van der Waals surface area (Å²) in [5.41, 5.74) is 0. The summed E-state index contributed by atoms with van der Waals surface area (Å²) in [7, 11) is 1.61. The van der Waals surface area contributed by atoms with Crippen molar-refractivity contribution in [1.82, 2.24) is 4.98 Å². The molecule has 0 unspecified atom stereocenters. The highest BCUT2D eigenvalue weighted by Crippen LogP contribution is 2.14. The molecule has 0 radical (unpaired) electrons. The summed E-state index contributed by atoms with van der Waals surface area (Å²) in [5.74, 6) is 0.665. The van der Waals surface area contributed by atoms with Crippen molar-refractivity contribution in [2.45, 2.75) is 18.7 Å².